The number of quaternary nitrogens is 1. The number of hydrogen-bond acceptors (Lipinski definition) is 1. The van der Waals surface area contributed by atoms with E-state index in [1.807, 2.05) is 24.3 Å². The van der Waals surface area contributed by atoms with Crippen molar-refractivity contribution in [2.75, 3.05) is 20.6 Å². The normalized spacial score (nSPS) is 11.4. The maximum absolute atomic E-state index is 11.1. The zero-order chi connectivity index (χ0) is 10.8. The second-order valence-electron chi connectivity index (χ2n) is 4.10. The molecule has 0 bridgehead atoms. The number of benzene rings is 1. The van der Waals surface area contributed by atoms with Crippen molar-refractivity contribution in [2.24, 2.45) is 0 Å². The fraction of sp³-hybridized carbons (Fsp3) is 0.417. The number of carbonyl (C=O) groups excluding carboxylic acids is 1. The highest BCUT2D eigenvalue weighted by molar-refractivity contribution is 5.94. The van der Waals surface area contributed by atoms with Crippen LogP contribution in [0, 0.1) is 0 Å². The lowest BCUT2D eigenvalue weighted by molar-refractivity contribution is 0.101. The standard InChI is InChI=1S/C12H18NO/c1-5-13(3,4)12-8-6-11(7-9-12)10(2)14/h6-9H,5H2,1-4H3/q+1. The van der Waals surface area contributed by atoms with Gasteiger partial charge in [-0.1, -0.05) is 0 Å². The highest BCUT2D eigenvalue weighted by Gasteiger charge is 2.15. The van der Waals surface area contributed by atoms with Crippen LogP contribution in [0.1, 0.15) is 24.2 Å². The van der Waals surface area contributed by atoms with Crippen LogP contribution >= 0.6 is 0 Å². The number of ketones is 1. The highest BCUT2D eigenvalue weighted by atomic mass is 16.1. The molecule has 0 atom stereocenters. The van der Waals surface area contributed by atoms with Crippen molar-refractivity contribution < 1.29 is 4.79 Å². The van der Waals surface area contributed by atoms with Gasteiger partial charge >= 0.3 is 0 Å². The van der Waals surface area contributed by atoms with Gasteiger partial charge in [0.15, 0.2) is 5.78 Å². The van der Waals surface area contributed by atoms with Gasteiger partial charge in [-0.05, 0) is 38.1 Å². The van der Waals surface area contributed by atoms with Gasteiger partial charge in [-0.25, -0.2) is 0 Å². The second-order valence-corrected chi connectivity index (χ2v) is 4.10. The number of Topliss-reactive ketones (excluding diaryl/α,β-unsaturated/α-hetero) is 1. The third-order valence-corrected chi connectivity index (χ3v) is 2.76. The van der Waals surface area contributed by atoms with Crippen LogP contribution in [0.2, 0.25) is 0 Å². The molecule has 2 heteroatoms. The number of carbonyl (C=O) groups is 1. The first-order chi connectivity index (χ1) is 6.47. The first-order valence-corrected chi connectivity index (χ1v) is 4.92. The molecule has 0 spiro atoms. The lowest BCUT2D eigenvalue weighted by Crippen LogP contribution is -2.39. The Labute approximate surface area is 85.8 Å². The molecule has 1 aromatic carbocycles. The molecule has 0 aliphatic heterocycles. The molecule has 0 saturated heterocycles. The van der Waals surface area contributed by atoms with Gasteiger partial charge in [0.2, 0.25) is 0 Å². The molecule has 1 aromatic rings. The minimum absolute atomic E-state index is 0.123. The Morgan fingerprint density at radius 2 is 1.71 bits per heavy atom. The maximum atomic E-state index is 11.1. The monoisotopic (exact) mass is 192 g/mol. The van der Waals surface area contributed by atoms with E-state index in [1.165, 1.54) is 5.69 Å². The molecule has 1 rings (SSSR count). The van der Waals surface area contributed by atoms with E-state index in [0.717, 1.165) is 16.6 Å². The van der Waals surface area contributed by atoms with Crippen LogP contribution in [0.5, 0.6) is 0 Å². The third-order valence-electron chi connectivity index (χ3n) is 2.76. The van der Waals surface area contributed by atoms with Crippen molar-refractivity contribution in [3.63, 3.8) is 0 Å². The van der Waals surface area contributed by atoms with Gasteiger partial charge in [0, 0.05) is 5.56 Å². The summed E-state index contributed by atoms with van der Waals surface area (Å²) in [5.74, 6) is 0.123. The molecule has 2 nitrogen and oxygen atoms in total. The van der Waals surface area contributed by atoms with Crippen molar-refractivity contribution in [3.05, 3.63) is 29.8 Å². The maximum Gasteiger partial charge on any atom is 0.159 e. The Morgan fingerprint density at radius 3 is 2.07 bits per heavy atom. The average molecular weight is 192 g/mol. The van der Waals surface area contributed by atoms with Gasteiger partial charge in [-0.3, -0.25) is 9.28 Å². The van der Waals surface area contributed by atoms with Crippen LogP contribution < -0.4 is 4.48 Å². The van der Waals surface area contributed by atoms with E-state index in [1.54, 1.807) is 6.92 Å². The number of rotatable bonds is 3. The average Bonchev–Trinajstić information content (AvgIpc) is 2.18. The van der Waals surface area contributed by atoms with Gasteiger partial charge < -0.3 is 0 Å². The molecule has 0 unspecified atom stereocenters. The first-order valence-electron chi connectivity index (χ1n) is 4.92. The molecule has 14 heavy (non-hydrogen) atoms. The number of nitrogens with zero attached hydrogens (tertiary/aromatic N) is 1. The Balaban J connectivity index is 2.99. The lowest BCUT2D eigenvalue weighted by atomic mass is 10.1. The zero-order valence-corrected chi connectivity index (χ0v) is 9.37. The summed E-state index contributed by atoms with van der Waals surface area (Å²) >= 11 is 0. The quantitative estimate of drug-likeness (QED) is 0.531. The molecule has 0 aliphatic rings. The highest BCUT2D eigenvalue weighted by Crippen LogP contribution is 2.19. The molecule has 0 amide bonds. The largest absolute Gasteiger partial charge is 0.296 e. The van der Waals surface area contributed by atoms with Gasteiger partial charge in [-0.2, -0.15) is 0 Å². The Kier molecular flexibility index (Phi) is 3.06. The number of hydrogen-bond donors (Lipinski definition) is 0. The lowest BCUT2D eigenvalue weighted by Gasteiger charge is -2.27. The van der Waals surface area contributed by atoms with Crippen LogP contribution in [0.4, 0.5) is 5.69 Å². The Hall–Kier alpha value is -1.15. The topological polar surface area (TPSA) is 17.1 Å². The zero-order valence-electron chi connectivity index (χ0n) is 9.37. The van der Waals surface area contributed by atoms with E-state index in [4.69, 9.17) is 0 Å². The van der Waals surface area contributed by atoms with Crippen LogP contribution in [0.3, 0.4) is 0 Å². The molecule has 0 heterocycles. The van der Waals surface area contributed by atoms with Crippen molar-refractivity contribution in [1.82, 2.24) is 4.48 Å². The molecular formula is C12H18NO+. The molecule has 0 radical (unpaired) electrons. The van der Waals surface area contributed by atoms with Crippen molar-refractivity contribution in [3.8, 4) is 0 Å². The molecule has 0 fully saturated rings. The van der Waals surface area contributed by atoms with E-state index in [2.05, 4.69) is 21.0 Å². The summed E-state index contributed by atoms with van der Waals surface area (Å²) in [6.07, 6.45) is 0. The van der Waals surface area contributed by atoms with E-state index >= 15 is 0 Å². The van der Waals surface area contributed by atoms with Crippen LogP contribution in [-0.4, -0.2) is 26.4 Å². The molecule has 0 aliphatic carbocycles. The Bertz CT molecular complexity index is 325. The summed E-state index contributed by atoms with van der Waals surface area (Å²) < 4.78 is 0.845. The van der Waals surface area contributed by atoms with E-state index < -0.39 is 0 Å². The van der Waals surface area contributed by atoms with Crippen LogP contribution in [-0.2, 0) is 0 Å². The summed E-state index contributed by atoms with van der Waals surface area (Å²) in [5, 5.41) is 0. The fourth-order valence-electron chi connectivity index (χ4n) is 1.28. The second kappa shape index (κ2) is 3.93. The summed E-state index contributed by atoms with van der Waals surface area (Å²) in [7, 11) is 4.31. The third kappa shape index (κ3) is 2.20. The van der Waals surface area contributed by atoms with Crippen LogP contribution in [0.25, 0.3) is 0 Å². The summed E-state index contributed by atoms with van der Waals surface area (Å²) in [4.78, 5) is 11.1. The minimum atomic E-state index is 0.123. The first kappa shape index (κ1) is 10.9. The van der Waals surface area contributed by atoms with Crippen molar-refractivity contribution in [1.29, 1.82) is 0 Å². The van der Waals surface area contributed by atoms with E-state index in [0.29, 0.717) is 0 Å². The van der Waals surface area contributed by atoms with Gasteiger partial charge in [0.1, 0.15) is 5.69 Å². The van der Waals surface area contributed by atoms with Gasteiger partial charge in [-0.15, -0.1) is 0 Å². The molecule has 76 valence electrons. The predicted octanol–water partition coefficient (Wildman–Crippen LogP) is 2.48. The van der Waals surface area contributed by atoms with E-state index in [-0.39, 0.29) is 5.78 Å². The van der Waals surface area contributed by atoms with Gasteiger partial charge in [0.05, 0.1) is 20.6 Å². The van der Waals surface area contributed by atoms with E-state index in [9.17, 15) is 4.79 Å². The fourth-order valence-corrected chi connectivity index (χ4v) is 1.28. The molecule has 0 aromatic heterocycles. The molecule has 0 saturated carbocycles. The smallest absolute Gasteiger partial charge is 0.159 e. The minimum Gasteiger partial charge on any atom is -0.296 e. The molecule has 0 N–H and O–H groups in total. The predicted molar refractivity (Wildman–Crippen MR) is 60.6 cm³/mol. The summed E-state index contributed by atoms with van der Waals surface area (Å²) in [6, 6.07) is 7.85. The summed E-state index contributed by atoms with van der Waals surface area (Å²) in [5.41, 5.74) is 2.02. The van der Waals surface area contributed by atoms with Gasteiger partial charge in [0.25, 0.3) is 0 Å². The van der Waals surface area contributed by atoms with Crippen molar-refractivity contribution >= 4 is 11.5 Å². The van der Waals surface area contributed by atoms with Crippen LogP contribution in [0.15, 0.2) is 24.3 Å². The molecular weight excluding hydrogens is 174 g/mol. The van der Waals surface area contributed by atoms with Crippen molar-refractivity contribution in [2.45, 2.75) is 13.8 Å². The Morgan fingerprint density at radius 1 is 1.21 bits per heavy atom. The SMILES string of the molecule is CC[N+](C)(C)c1ccc(C(C)=O)cc1. The summed E-state index contributed by atoms with van der Waals surface area (Å²) in [6.45, 7) is 4.78.